The molecule has 3 aromatic rings. The predicted molar refractivity (Wildman–Crippen MR) is 116 cm³/mol. The number of rotatable bonds is 4. The molecule has 0 spiro atoms. The molecular weight excluding hydrogens is 382 g/mol. The van der Waals surface area contributed by atoms with E-state index < -0.39 is 0 Å². The zero-order valence-corrected chi connectivity index (χ0v) is 17.2. The lowest BCUT2D eigenvalue weighted by molar-refractivity contribution is 0.0597. The number of aromatic nitrogens is 1. The highest BCUT2D eigenvalue weighted by atomic mass is 35.5. The van der Waals surface area contributed by atoms with E-state index in [0.29, 0.717) is 23.8 Å². The Morgan fingerprint density at radius 3 is 2.17 bits per heavy atom. The SMILES string of the molecule is Cc1ccc([C@H](c2ccccc2)N2CCN(C(=O)c3ccc(Cl)nc3)CC2)cc1. The Kier molecular flexibility index (Phi) is 5.93. The summed E-state index contributed by atoms with van der Waals surface area (Å²) < 4.78 is 0. The molecule has 2 aromatic carbocycles. The highest BCUT2D eigenvalue weighted by molar-refractivity contribution is 6.29. The highest BCUT2D eigenvalue weighted by Gasteiger charge is 2.28. The van der Waals surface area contributed by atoms with E-state index >= 15 is 0 Å². The third-order valence-corrected chi connectivity index (χ3v) is 5.67. The Labute approximate surface area is 176 Å². The van der Waals surface area contributed by atoms with Crippen LogP contribution in [0.1, 0.15) is 33.1 Å². The molecule has 1 atom stereocenters. The van der Waals surface area contributed by atoms with Crippen molar-refractivity contribution in [1.29, 1.82) is 0 Å². The van der Waals surface area contributed by atoms with Crippen LogP contribution in [-0.4, -0.2) is 46.9 Å². The van der Waals surface area contributed by atoms with Gasteiger partial charge in [0.15, 0.2) is 0 Å². The van der Waals surface area contributed by atoms with Crippen molar-refractivity contribution in [2.24, 2.45) is 0 Å². The van der Waals surface area contributed by atoms with Crippen molar-refractivity contribution in [2.45, 2.75) is 13.0 Å². The summed E-state index contributed by atoms with van der Waals surface area (Å²) in [4.78, 5) is 21.2. The Morgan fingerprint density at radius 1 is 0.897 bits per heavy atom. The van der Waals surface area contributed by atoms with Crippen molar-refractivity contribution in [3.63, 3.8) is 0 Å². The minimum absolute atomic E-state index is 0.0143. The van der Waals surface area contributed by atoms with Gasteiger partial charge in [0.25, 0.3) is 5.91 Å². The minimum Gasteiger partial charge on any atom is -0.336 e. The van der Waals surface area contributed by atoms with Crippen LogP contribution < -0.4 is 0 Å². The smallest absolute Gasteiger partial charge is 0.255 e. The Bertz CT molecular complexity index is 950. The van der Waals surface area contributed by atoms with Crippen LogP contribution >= 0.6 is 11.6 Å². The number of carbonyl (C=O) groups is 1. The maximum atomic E-state index is 12.8. The number of aryl methyl sites for hydroxylation is 1. The Hall–Kier alpha value is -2.69. The number of nitrogens with zero attached hydrogens (tertiary/aromatic N) is 3. The molecule has 5 heteroatoms. The first-order valence-electron chi connectivity index (χ1n) is 9.88. The summed E-state index contributed by atoms with van der Waals surface area (Å²) in [6, 6.07) is 22.9. The fourth-order valence-corrected chi connectivity index (χ4v) is 3.98. The van der Waals surface area contributed by atoms with Gasteiger partial charge in [-0.15, -0.1) is 0 Å². The van der Waals surface area contributed by atoms with Crippen LogP contribution in [0.3, 0.4) is 0 Å². The van der Waals surface area contributed by atoms with E-state index in [-0.39, 0.29) is 11.9 Å². The zero-order valence-electron chi connectivity index (χ0n) is 16.5. The van der Waals surface area contributed by atoms with Crippen molar-refractivity contribution < 1.29 is 4.79 Å². The molecular formula is C24H24ClN3O. The average Bonchev–Trinajstić information content (AvgIpc) is 2.77. The van der Waals surface area contributed by atoms with Gasteiger partial charge in [-0.3, -0.25) is 9.69 Å². The molecule has 4 rings (SSSR count). The van der Waals surface area contributed by atoms with Gasteiger partial charge in [0.2, 0.25) is 0 Å². The van der Waals surface area contributed by atoms with E-state index in [2.05, 4.69) is 65.3 Å². The molecule has 2 heterocycles. The van der Waals surface area contributed by atoms with Crippen LogP contribution in [0.5, 0.6) is 0 Å². The fraction of sp³-hybridized carbons (Fsp3) is 0.250. The molecule has 0 unspecified atom stereocenters. The molecule has 148 valence electrons. The lowest BCUT2D eigenvalue weighted by Gasteiger charge is -2.39. The topological polar surface area (TPSA) is 36.4 Å². The molecule has 1 amide bonds. The van der Waals surface area contributed by atoms with E-state index in [1.807, 2.05) is 11.0 Å². The molecule has 0 bridgehead atoms. The monoisotopic (exact) mass is 405 g/mol. The van der Waals surface area contributed by atoms with Crippen molar-refractivity contribution in [1.82, 2.24) is 14.8 Å². The molecule has 1 aliphatic heterocycles. The molecule has 1 aliphatic rings. The summed E-state index contributed by atoms with van der Waals surface area (Å²) in [7, 11) is 0. The van der Waals surface area contributed by atoms with Gasteiger partial charge in [0.05, 0.1) is 11.6 Å². The van der Waals surface area contributed by atoms with E-state index in [4.69, 9.17) is 11.6 Å². The second-order valence-corrected chi connectivity index (χ2v) is 7.81. The number of amides is 1. The van der Waals surface area contributed by atoms with Crippen molar-refractivity contribution in [3.05, 3.63) is 100 Å². The quantitative estimate of drug-likeness (QED) is 0.595. The van der Waals surface area contributed by atoms with Gasteiger partial charge < -0.3 is 4.90 Å². The maximum Gasteiger partial charge on any atom is 0.255 e. The minimum atomic E-state index is 0.0143. The average molecular weight is 406 g/mol. The molecule has 1 fully saturated rings. The summed E-state index contributed by atoms with van der Waals surface area (Å²) in [5, 5.41) is 0.398. The van der Waals surface area contributed by atoms with Crippen molar-refractivity contribution >= 4 is 17.5 Å². The molecule has 29 heavy (non-hydrogen) atoms. The van der Waals surface area contributed by atoms with Gasteiger partial charge in [-0.1, -0.05) is 71.8 Å². The summed E-state index contributed by atoms with van der Waals surface area (Å²) >= 11 is 5.84. The third-order valence-electron chi connectivity index (χ3n) is 5.45. The van der Waals surface area contributed by atoms with Crippen molar-refractivity contribution in [3.8, 4) is 0 Å². The van der Waals surface area contributed by atoms with Gasteiger partial charge in [0, 0.05) is 32.4 Å². The summed E-state index contributed by atoms with van der Waals surface area (Å²) in [5.41, 5.74) is 4.40. The Balaban J connectivity index is 1.51. The number of hydrogen-bond donors (Lipinski definition) is 0. The summed E-state index contributed by atoms with van der Waals surface area (Å²) in [6.45, 7) is 5.13. The van der Waals surface area contributed by atoms with E-state index in [1.165, 1.54) is 16.7 Å². The normalized spacial score (nSPS) is 15.9. The van der Waals surface area contributed by atoms with Crippen LogP contribution in [0.25, 0.3) is 0 Å². The van der Waals surface area contributed by atoms with Gasteiger partial charge in [0.1, 0.15) is 5.15 Å². The van der Waals surface area contributed by atoms with Crippen LogP contribution in [0, 0.1) is 6.92 Å². The first kappa shape index (κ1) is 19.6. The van der Waals surface area contributed by atoms with E-state index in [0.717, 1.165) is 13.1 Å². The second-order valence-electron chi connectivity index (χ2n) is 7.42. The number of benzene rings is 2. The fourth-order valence-electron chi connectivity index (χ4n) is 3.87. The van der Waals surface area contributed by atoms with Crippen LogP contribution in [0.4, 0.5) is 0 Å². The molecule has 0 saturated carbocycles. The number of pyridine rings is 1. The molecule has 4 nitrogen and oxygen atoms in total. The number of halogens is 1. The standard InChI is InChI=1S/C24H24ClN3O/c1-18-7-9-20(10-8-18)23(19-5-3-2-4-6-19)27-13-15-28(16-14-27)24(29)21-11-12-22(25)26-17-21/h2-12,17,23H,13-16H2,1H3/t23-/m0/s1. The number of carbonyl (C=O) groups excluding carboxylic acids is 1. The lowest BCUT2D eigenvalue weighted by atomic mass is 9.95. The number of piperazine rings is 1. The molecule has 0 aliphatic carbocycles. The predicted octanol–water partition coefficient (Wildman–Crippen LogP) is 4.59. The molecule has 0 radical (unpaired) electrons. The zero-order chi connectivity index (χ0) is 20.2. The van der Waals surface area contributed by atoms with Crippen molar-refractivity contribution in [2.75, 3.05) is 26.2 Å². The summed E-state index contributed by atoms with van der Waals surface area (Å²) in [6.07, 6.45) is 1.55. The lowest BCUT2D eigenvalue weighted by Crippen LogP contribution is -2.49. The van der Waals surface area contributed by atoms with Crippen LogP contribution in [-0.2, 0) is 0 Å². The van der Waals surface area contributed by atoms with Gasteiger partial charge in [-0.2, -0.15) is 0 Å². The van der Waals surface area contributed by atoms with Gasteiger partial charge in [-0.05, 0) is 30.2 Å². The molecule has 1 aromatic heterocycles. The van der Waals surface area contributed by atoms with E-state index in [1.54, 1.807) is 18.3 Å². The molecule has 0 N–H and O–H groups in total. The largest absolute Gasteiger partial charge is 0.336 e. The van der Waals surface area contributed by atoms with Crippen LogP contribution in [0.2, 0.25) is 5.15 Å². The van der Waals surface area contributed by atoms with Gasteiger partial charge in [-0.25, -0.2) is 4.98 Å². The first-order valence-corrected chi connectivity index (χ1v) is 10.3. The highest BCUT2D eigenvalue weighted by Crippen LogP contribution is 2.30. The maximum absolute atomic E-state index is 12.8. The first-order chi connectivity index (χ1) is 14.1. The van der Waals surface area contributed by atoms with E-state index in [9.17, 15) is 4.79 Å². The third kappa shape index (κ3) is 4.50. The molecule has 1 saturated heterocycles. The summed E-state index contributed by atoms with van der Waals surface area (Å²) in [5.74, 6) is 0.0143. The van der Waals surface area contributed by atoms with Crippen LogP contribution in [0.15, 0.2) is 72.9 Å². The second kappa shape index (κ2) is 8.76. The number of hydrogen-bond acceptors (Lipinski definition) is 3. The Morgan fingerprint density at radius 2 is 1.55 bits per heavy atom. The van der Waals surface area contributed by atoms with Gasteiger partial charge >= 0.3 is 0 Å².